The van der Waals surface area contributed by atoms with Gasteiger partial charge >= 0.3 is 0 Å². The number of aryl methyl sites for hydroxylation is 1. The van der Waals surface area contributed by atoms with E-state index in [0.717, 1.165) is 42.9 Å². The van der Waals surface area contributed by atoms with Gasteiger partial charge in [0.1, 0.15) is 11.4 Å². The zero-order valence-corrected chi connectivity index (χ0v) is 13.0. The van der Waals surface area contributed by atoms with E-state index in [2.05, 4.69) is 5.10 Å². The lowest BCUT2D eigenvalue weighted by atomic mass is 10.1. The number of amides is 1. The number of hydrogen-bond acceptors (Lipinski definition) is 4. The van der Waals surface area contributed by atoms with E-state index in [1.807, 2.05) is 35.5 Å². The van der Waals surface area contributed by atoms with Crippen LogP contribution in [0.25, 0.3) is 10.6 Å². The average molecular weight is 304 g/mol. The molecule has 1 saturated heterocycles. The zero-order valence-electron chi connectivity index (χ0n) is 12.2. The van der Waals surface area contributed by atoms with Crippen molar-refractivity contribution in [1.82, 2.24) is 14.7 Å². The van der Waals surface area contributed by atoms with E-state index in [0.29, 0.717) is 5.69 Å². The smallest absolute Gasteiger partial charge is 0.272 e. The van der Waals surface area contributed by atoms with E-state index < -0.39 is 0 Å². The van der Waals surface area contributed by atoms with Gasteiger partial charge in [-0.1, -0.05) is 6.07 Å². The van der Waals surface area contributed by atoms with Crippen LogP contribution < -0.4 is 5.73 Å². The van der Waals surface area contributed by atoms with Crippen molar-refractivity contribution in [2.24, 2.45) is 12.8 Å². The minimum Gasteiger partial charge on any atom is -0.337 e. The number of nitrogens with zero attached hydrogens (tertiary/aromatic N) is 3. The fourth-order valence-corrected chi connectivity index (χ4v) is 3.38. The van der Waals surface area contributed by atoms with E-state index >= 15 is 0 Å². The first-order valence-corrected chi connectivity index (χ1v) is 8.16. The molecular formula is C15H20N4OS. The molecule has 2 aromatic rings. The highest BCUT2D eigenvalue weighted by molar-refractivity contribution is 7.13. The third-order valence-corrected chi connectivity index (χ3v) is 4.82. The van der Waals surface area contributed by atoms with E-state index in [4.69, 9.17) is 5.73 Å². The second-order valence-corrected chi connectivity index (χ2v) is 6.45. The lowest BCUT2D eigenvalue weighted by molar-refractivity contribution is 0.0750. The van der Waals surface area contributed by atoms with Crippen LogP contribution >= 0.6 is 11.3 Å². The van der Waals surface area contributed by atoms with Crippen molar-refractivity contribution in [3.05, 3.63) is 29.3 Å². The molecule has 2 aromatic heterocycles. The molecule has 3 heterocycles. The summed E-state index contributed by atoms with van der Waals surface area (Å²) >= 11 is 1.63. The maximum absolute atomic E-state index is 12.7. The molecule has 1 aliphatic heterocycles. The summed E-state index contributed by atoms with van der Waals surface area (Å²) in [5.41, 5.74) is 7.49. The first kappa shape index (κ1) is 14.3. The van der Waals surface area contributed by atoms with Gasteiger partial charge in [0.25, 0.3) is 5.91 Å². The zero-order chi connectivity index (χ0) is 14.8. The highest BCUT2D eigenvalue weighted by Crippen LogP contribution is 2.24. The Bertz CT molecular complexity index is 620. The molecule has 0 bridgehead atoms. The maximum Gasteiger partial charge on any atom is 0.272 e. The summed E-state index contributed by atoms with van der Waals surface area (Å²) < 4.78 is 1.68. The van der Waals surface area contributed by atoms with Crippen LogP contribution in [0.4, 0.5) is 0 Å². The SMILES string of the molecule is Cn1nc(-c2cccs2)cc1C(=O)N1CCC[C@@H](N)CC1. The molecule has 3 rings (SSSR count). The van der Waals surface area contributed by atoms with Gasteiger partial charge in [0.15, 0.2) is 0 Å². The molecule has 1 aliphatic rings. The van der Waals surface area contributed by atoms with Crippen molar-refractivity contribution in [2.75, 3.05) is 13.1 Å². The third kappa shape index (κ3) is 3.01. The van der Waals surface area contributed by atoms with Gasteiger partial charge in [0.2, 0.25) is 0 Å². The Hall–Kier alpha value is -1.66. The van der Waals surface area contributed by atoms with Crippen LogP contribution in [0.2, 0.25) is 0 Å². The number of carbonyl (C=O) groups is 1. The van der Waals surface area contributed by atoms with Crippen LogP contribution in [0.15, 0.2) is 23.6 Å². The number of aromatic nitrogens is 2. The van der Waals surface area contributed by atoms with E-state index in [1.165, 1.54) is 0 Å². The molecule has 0 unspecified atom stereocenters. The predicted molar refractivity (Wildman–Crippen MR) is 84.3 cm³/mol. The van der Waals surface area contributed by atoms with E-state index in [1.54, 1.807) is 16.0 Å². The minimum atomic E-state index is 0.0573. The third-order valence-electron chi connectivity index (χ3n) is 3.93. The quantitative estimate of drug-likeness (QED) is 0.924. The minimum absolute atomic E-state index is 0.0573. The molecule has 1 fully saturated rings. The van der Waals surface area contributed by atoms with Crippen LogP contribution in [-0.4, -0.2) is 39.7 Å². The Kier molecular flexibility index (Phi) is 4.07. The lowest BCUT2D eigenvalue weighted by Crippen LogP contribution is -2.34. The Morgan fingerprint density at radius 3 is 3.05 bits per heavy atom. The number of nitrogens with two attached hydrogens (primary N) is 1. The summed E-state index contributed by atoms with van der Waals surface area (Å²) in [6.45, 7) is 1.52. The monoisotopic (exact) mass is 304 g/mol. The number of rotatable bonds is 2. The van der Waals surface area contributed by atoms with E-state index in [-0.39, 0.29) is 11.9 Å². The molecular weight excluding hydrogens is 284 g/mol. The second kappa shape index (κ2) is 5.99. The highest BCUT2D eigenvalue weighted by atomic mass is 32.1. The molecule has 1 atom stereocenters. The Morgan fingerprint density at radius 1 is 1.43 bits per heavy atom. The van der Waals surface area contributed by atoms with Crippen molar-refractivity contribution in [1.29, 1.82) is 0 Å². The summed E-state index contributed by atoms with van der Waals surface area (Å²) in [7, 11) is 1.83. The first-order valence-electron chi connectivity index (χ1n) is 7.28. The largest absolute Gasteiger partial charge is 0.337 e. The van der Waals surface area contributed by atoms with Crippen LogP contribution in [0, 0.1) is 0 Å². The standard InChI is InChI=1S/C15H20N4OS/c1-18-13(10-12(17-18)14-5-3-9-21-14)15(20)19-7-2-4-11(16)6-8-19/h3,5,9-11H,2,4,6-8,16H2,1H3/t11-/m1/s1. The summed E-state index contributed by atoms with van der Waals surface area (Å²) in [6, 6.07) is 6.12. The molecule has 6 heteroatoms. The van der Waals surface area contributed by atoms with Crippen molar-refractivity contribution in [3.8, 4) is 10.6 Å². The van der Waals surface area contributed by atoms with Crippen molar-refractivity contribution in [2.45, 2.75) is 25.3 Å². The molecule has 0 spiro atoms. The van der Waals surface area contributed by atoms with Crippen molar-refractivity contribution >= 4 is 17.2 Å². The summed E-state index contributed by atoms with van der Waals surface area (Å²) in [5, 5.41) is 6.48. The fourth-order valence-electron chi connectivity index (χ4n) is 2.70. The fraction of sp³-hybridized carbons (Fsp3) is 0.467. The topological polar surface area (TPSA) is 64.2 Å². The second-order valence-electron chi connectivity index (χ2n) is 5.50. The van der Waals surface area contributed by atoms with Gasteiger partial charge in [0.05, 0.1) is 4.88 Å². The average Bonchev–Trinajstić information content (AvgIpc) is 3.06. The van der Waals surface area contributed by atoms with Gasteiger partial charge < -0.3 is 10.6 Å². The van der Waals surface area contributed by atoms with Gasteiger partial charge in [-0.3, -0.25) is 9.48 Å². The maximum atomic E-state index is 12.7. The number of thiophene rings is 1. The predicted octanol–water partition coefficient (Wildman–Crippen LogP) is 2.10. The van der Waals surface area contributed by atoms with Gasteiger partial charge in [0, 0.05) is 26.2 Å². The normalized spacial score (nSPS) is 19.5. The summed E-state index contributed by atoms with van der Waals surface area (Å²) in [4.78, 5) is 15.7. The first-order chi connectivity index (χ1) is 10.1. The van der Waals surface area contributed by atoms with Crippen LogP contribution in [-0.2, 0) is 7.05 Å². The highest BCUT2D eigenvalue weighted by Gasteiger charge is 2.23. The molecule has 0 saturated carbocycles. The van der Waals surface area contributed by atoms with Gasteiger partial charge in [-0.15, -0.1) is 11.3 Å². The number of carbonyl (C=O) groups excluding carboxylic acids is 1. The molecule has 112 valence electrons. The Morgan fingerprint density at radius 2 is 2.29 bits per heavy atom. The molecule has 21 heavy (non-hydrogen) atoms. The Labute approximate surface area is 128 Å². The Balaban J connectivity index is 1.81. The van der Waals surface area contributed by atoms with Crippen LogP contribution in [0.5, 0.6) is 0 Å². The summed E-state index contributed by atoms with van der Waals surface area (Å²) in [6.07, 6.45) is 2.85. The van der Waals surface area contributed by atoms with Crippen molar-refractivity contribution < 1.29 is 4.79 Å². The lowest BCUT2D eigenvalue weighted by Gasteiger charge is -2.20. The number of hydrogen-bond donors (Lipinski definition) is 1. The number of likely N-dealkylation sites (tertiary alicyclic amines) is 1. The summed E-state index contributed by atoms with van der Waals surface area (Å²) in [5.74, 6) is 0.0573. The molecule has 0 aromatic carbocycles. The van der Waals surface area contributed by atoms with Gasteiger partial charge in [-0.25, -0.2) is 0 Å². The van der Waals surface area contributed by atoms with Gasteiger partial charge in [-0.05, 0) is 36.8 Å². The molecule has 5 nitrogen and oxygen atoms in total. The van der Waals surface area contributed by atoms with Crippen molar-refractivity contribution in [3.63, 3.8) is 0 Å². The van der Waals surface area contributed by atoms with Gasteiger partial charge in [-0.2, -0.15) is 5.10 Å². The molecule has 0 radical (unpaired) electrons. The van der Waals surface area contributed by atoms with Crippen LogP contribution in [0.3, 0.4) is 0 Å². The molecule has 1 amide bonds. The van der Waals surface area contributed by atoms with E-state index in [9.17, 15) is 4.79 Å². The molecule has 0 aliphatic carbocycles. The van der Waals surface area contributed by atoms with Crippen LogP contribution in [0.1, 0.15) is 29.8 Å². The molecule has 2 N–H and O–H groups in total.